The Morgan fingerprint density at radius 2 is 2.13 bits per heavy atom. The van der Waals surface area contributed by atoms with Crippen molar-refractivity contribution in [1.82, 2.24) is 24.2 Å². The number of likely N-dealkylation sites (N-methyl/N-ethyl adjacent to an activating group) is 1. The van der Waals surface area contributed by atoms with Crippen LogP contribution in [-0.2, 0) is 19.6 Å². The van der Waals surface area contributed by atoms with Crippen molar-refractivity contribution in [3.8, 4) is 0 Å². The lowest BCUT2D eigenvalue weighted by Crippen LogP contribution is -2.22. The fourth-order valence-electron chi connectivity index (χ4n) is 2.78. The molecule has 0 N–H and O–H groups in total. The van der Waals surface area contributed by atoms with Crippen LogP contribution in [0.15, 0.2) is 49.4 Å². The minimum atomic E-state index is 0.756. The van der Waals surface area contributed by atoms with Gasteiger partial charge in [0.1, 0.15) is 0 Å². The molecule has 0 aliphatic heterocycles. The van der Waals surface area contributed by atoms with Crippen LogP contribution in [0.1, 0.15) is 11.3 Å². The molecule has 120 valence electrons. The van der Waals surface area contributed by atoms with Gasteiger partial charge in [-0.2, -0.15) is 5.10 Å². The number of para-hydroxylation sites is 2. The molecule has 23 heavy (non-hydrogen) atoms. The second-order valence-electron chi connectivity index (χ2n) is 5.91. The number of imidazole rings is 1. The first-order valence-electron chi connectivity index (χ1n) is 7.89. The molecule has 0 saturated heterocycles. The second kappa shape index (κ2) is 6.79. The number of aromatic nitrogens is 4. The summed E-state index contributed by atoms with van der Waals surface area (Å²) in [6.07, 6.45) is 5.90. The van der Waals surface area contributed by atoms with E-state index < -0.39 is 0 Å². The van der Waals surface area contributed by atoms with Crippen molar-refractivity contribution in [2.24, 2.45) is 0 Å². The van der Waals surface area contributed by atoms with Crippen molar-refractivity contribution in [3.63, 3.8) is 0 Å². The summed E-state index contributed by atoms with van der Waals surface area (Å²) in [4.78, 5) is 6.76. The number of allylic oxidation sites excluding steroid dienone is 1. The third-order valence-corrected chi connectivity index (χ3v) is 4.05. The van der Waals surface area contributed by atoms with Gasteiger partial charge in [-0.3, -0.25) is 4.68 Å². The third kappa shape index (κ3) is 3.51. The van der Waals surface area contributed by atoms with Crippen molar-refractivity contribution in [1.29, 1.82) is 0 Å². The SMILES string of the molecule is C=CCn1cc(CN(C)CCn2cnc3ccccc32)c(C)n1. The molecule has 0 spiro atoms. The molecule has 0 saturated carbocycles. The highest BCUT2D eigenvalue weighted by Gasteiger charge is 2.08. The molecule has 2 heterocycles. The summed E-state index contributed by atoms with van der Waals surface area (Å²) in [5.41, 5.74) is 4.60. The van der Waals surface area contributed by atoms with Crippen LogP contribution < -0.4 is 0 Å². The molecule has 3 rings (SSSR count). The summed E-state index contributed by atoms with van der Waals surface area (Å²) >= 11 is 0. The van der Waals surface area contributed by atoms with Gasteiger partial charge in [-0.25, -0.2) is 4.98 Å². The van der Waals surface area contributed by atoms with Gasteiger partial charge in [0.2, 0.25) is 0 Å². The van der Waals surface area contributed by atoms with Gasteiger partial charge in [-0.1, -0.05) is 18.2 Å². The number of fused-ring (bicyclic) bond motifs is 1. The molecule has 5 heteroatoms. The van der Waals surface area contributed by atoms with E-state index in [0.29, 0.717) is 0 Å². The summed E-state index contributed by atoms with van der Waals surface area (Å²) < 4.78 is 4.15. The lowest BCUT2D eigenvalue weighted by molar-refractivity contribution is 0.312. The summed E-state index contributed by atoms with van der Waals surface area (Å²) in [7, 11) is 2.14. The zero-order valence-electron chi connectivity index (χ0n) is 13.8. The Morgan fingerprint density at radius 1 is 1.30 bits per heavy atom. The van der Waals surface area contributed by atoms with E-state index in [4.69, 9.17) is 0 Å². The Balaban J connectivity index is 1.61. The van der Waals surface area contributed by atoms with Gasteiger partial charge in [0.15, 0.2) is 0 Å². The average Bonchev–Trinajstić information content (AvgIpc) is 3.10. The first kappa shape index (κ1) is 15.5. The Bertz CT molecular complexity index is 799. The van der Waals surface area contributed by atoms with E-state index in [1.165, 1.54) is 11.1 Å². The van der Waals surface area contributed by atoms with Crippen LogP contribution in [0, 0.1) is 6.92 Å². The molecular weight excluding hydrogens is 286 g/mol. The van der Waals surface area contributed by atoms with Crippen molar-refractivity contribution in [2.75, 3.05) is 13.6 Å². The maximum absolute atomic E-state index is 4.51. The number of aryl methyl sites for hydroxylation is 1. The quantitative estimate of drug-likeness (QED) is 0.630. The van der Waals surface area contributed by atoms with Crippen LogP contribution in [0.25, 0.3) is 11.0 Å². The Labute approximate surface area is 136 Å². The Morgan fingerprint density at radius 3 is 2.96 bits per heavy atom. The smallest absolute Gasteiger partial charge is 0.0958 e. The first-order valence-corrected chi connectivity index (χ1v) is 7.89. The zero-order valence-corrected chi connectivity index (χ0v) is 13.8. The minimum absolute atomic E-state index is 0.756. The molecule has 0 aliphatic rings. The van der Waals surface area contributed by atoms with Gasteiger partial charge in [0.25, 0.3) is 0 Å². The third-order valence-electron chi connectivity index (χ3n) is 4.05. The van der Waals surface area contributed by atoms with E-state index in [1.54, 1.807) is 0 Å². The van der Waals surface area contributed by atoms with E-state index >= 15 is 0 Å². The van der Waals surface area contributed by atoms with E-state index in [9.17, 15) is 0 Å². The molecule has 0 radical (unpaired) electrons. The van der Waals surface area contributed by atoms with E-state index in [1.807, 2.05) is 29.2 Å². The predicted octanol–water partition coefficient (Wildman–Crippen LogP) is 2.86. The van der Waals surface area contributed by atoms with Crippen LogP contribution >= 0.6 is 0 Å². The summed E-state index contributed by atoms with van der Waals surface area (Å²) in [6, 6.07) is 8.25. The van der Waals surface area contributed by atoms with E-state index in [0.717, 1.165) is 37.4 Å². The molecule has 0 unspecified atom stereocenters. The number of rotatable bonds is 7. The molecule has 5 nitrogen and oxygen atoms in total. The van der Waals surface area contributed by atoms with Crippen LogP contribution in [0.5, 0.6) is 0 Å². The summed E-state index contributed by atoms with van der Waals surface area (Å²) in [6.45, 7) is 9.37. The maximum Gasteiger partial charge on any atom is 0.0958 e. The molecular formula is C18H23N5. The van der Waals surface area contributed by atoms with Crippen LogP contribution in [0.2, 0.25) is 0 Å². The molecule has 0 bridgehead atoms. The molecule has 0 fully saturated rings. The van der Waals surface area contributed by atoms with Gasteiger partial charge in [-0.05, 0) is 26.1 Å². The minimum Gasteiger partial charge on any atom is -0.329 e. The molecule has 3 aromatic rings. The van der Waals surface area contributed by atoms with Gasteiger partial charge in [-0.15, -0.1) is 6.58 Å². The van der Waals surface area contributed by atoms with Gasteiger partial charge in [0, 0.05) is 31.4 Å². The number of hydrogen-bond acceptors (Lipinski definition) is 3. The van der Waals surface area contributed by atoms with Crippen molar-refractivity contribution in [2.45, 2.75) is 26.6 Å². The van der Waals surface area contributed by atoms with Gasteiger partial charge >= 0.3 is 0 Å². The average molecular weight is 309 g/mol. The standard InChI is InChI=1S/C18H23N5/c1-4-9-23-13-16(15(2)20-23)12-21(3)10-11-22-14-19-17-7-5-6-8-18(17)22/h4-8,13-14H,1,9-12H2,2-3H3. The van der Waals surface area contributed by atoms with E-state index in [-0.39, 0.29) is 0 Å². The highest BCUT2D eigenvalue weighted by Crippen LogP contribution is 2.12. The number of benzene rings is 1. The highest BCUT2D eigenvalue weighted by molar-refractivity contribution is 5.74. The summed E-state index contributed by atoms with van der Waals surface area (Å²) in [5.74, 6) is 0. The first-order chi connectivity index (χ1) is 11.2. The Kier molecular flexibility index (Phi) is 4.57. The number of hydrogen-bond donors (Lipinski definition) is 0. The fraction of sp³-hybridized carbons (Fsp3) is 0.333. The fourth-order valence-corrected chi connectivity index (χ4v) is 2.78. The largest absolute Gasteiger partial charge is 0.329 e. The normalized spacial score (nSPS) is 11.4. The topological polar surface area (TPSA) is 38.9 Å². The maximum atomic E-state index is 4.51. The lowest BCUT2D eigenvalue weighted by atomic mass is 10.2. The Hall–Kier alpha value is -2.40. The van der Waals surface area contributed by atoms with Gasteiger partial charge in [0.05, 0.1) is 29.6 Å². The number of nitrogens with zero attached hydrogens (tertiary/aromatic N) is 5. The zero-order chi connectivity index (χ0) is 16.2. The van der Waals surface area contributed by atoms with Crippen LogP contribution in [-0.4, -0.2) is 37.8 Å². The van der Waals surface area contributed by atoms with E-state index in [2.05, 4.69) is 58.4 Å². The highest BCUT2D eigenvalue weighted by atomic mass is 15.3. The van der Waals surface area contributed by atoms with Gasteiger partial charge < -0.3 is 9.47 Å². The molecule has 0 aliphatic carbocycles. The predicted molar refractivity (Wildman–Crippen MR) is 93.2 cm³/mol. The van der Waals surface area contributed by atoms with Crippen LogP contribution in [0.3, 0.4) is 0 Å². The van der Waals surface area contributed by atoms with Crippen molar-refractivity contribution >= 4 is 11.0 Å². The van der Waals surface area contributed by atoms with Crippen molar-refractivity contribution < 1.29 is 0 Å². The summed E-state index contributed by atoms with van der Waals surface area (Å²) in [5, 5.41) is 4.51. The second-order valence-corrected chi connectivity index (χ2v) is 5.91. The molecule has 2 aromatic heterocycles. The van der Waals surface area contributed by atoms with Crippen LogP contribution in [0.4, 0.5) is 0 Å². The van der Waals surface area contributed by atoms with Crippen molar-refractivity contribution in [3.05, 3.63) is 60.7 Å². The monoisotopic (exact) mass is 309 g/mol. The lowest BCUT2D eigenvalue weighted by Gasteiger charge is -2.16. The molecule has 0 atom stereocenters. The molecule has 1 aromatic carbocycles. The molecule has 0 amide bonds.